The van der Waals surface area contributed by atoms with E-state index in [-0.39, 0.29) is 0 Å². The van der Waals surface area contributed by atoms with E-state index in [4.69, 9.17) is 9.97 Å². The lowest BCUT2D eigenvalue weighted by Crippen LogP contribution is -1.91. The number of hydrogen-bond acceptors (Lipinski definition) is 6. The molecule has 2 aromatic heterocycles. The summed E-state index contributed by atoms with van der Waals surface area (Å²) in [5, 5.41) is 10.5. The molecule has 0 saturated carbocycles. The standard InChI is InChI=1S/C21H20N4S2/c1-13-4-8-16(9-5-13)22-20-24-18(12-26-20)19-15(3)27-21(25-19)23-17-10-6-14(2)7-11-17/h4-12H,1-3H3,(H,22,24)(H,23,25). The maximum atomic E-state index is 4.75. The summed E-state index contributed by atoms with van der Waals surface area (Å²) in [6, 6.07) is 16.6. The topological polar surface area (TPSA) is 49.8 Å². The van der Waals surface area contributed by atoms with Crippen LogP contribution in [0, 0.1) is 20.8 Å². The van der Waals surface area contributed by atoms with E-state index in [0.717, 1.165) is 37.9 Å². The number of hydrogen-bond donors (Lipinski definition) is 2. The molecule has 0 spiro atoms. The maximum Gasteiger partial charge on any atom is 0.188 e. The van der Waals surface area contributed by atoms with Crippen LogP contribution in [0.3, 0.4) is 0 Å². The van der Waals surface area contributed by atoms with Gasteiger partial charge in [0.15, 0.2) is 10.3 Å². The fraction of sp³-hybridized carbons (Fsp3) is 0.143. The minimum Gasteiger partial charge on any atom is -0.332 e. The van der Waals surface area contributed by atoms with Crippen LogP contribution in [0.25, 0.3) is 11.4 Å². The molecule has 27 heavy (non-hydrogen) atoms. The molecular formula is C21H20N4S2. The van der Waals surface area contributed by atoms with Gasteiger partial charge in [0.25, 0.3) is 0 Å². The van der Waals surface area contributed by atoms with E-state index in [2.05, 4.69) is 79.9 Å². The summed E-state index contributed by atoms with van der Waals surface area (Å²) in [4.78, 5) is 10.6. The molecule has 0 fully saturated rings. The number of benzene rings is 2. The van der Waals surface area contributed by atoms with Gasteiger partial charge >= 0.3 is 0 Å². The quantitative estimate of drug-likeness (QED) is 0.398. The first kappa shape index (κ1) is 17.7. The van der Waals surface area contributed by atoms with E-state index < -0.39 is 0 Å². The third kappa shape index (κ3) is 4.18. The van der Waals surface area contributed by atoms with E-state index in [9.17, 15) is 0 Å². The second-order valence-corrected chi connectivity index (χ2v) is 8.51. The number of anilines is 4. The van der Waals surface area contributed by atoms with Gasteiger partial charge in [-0.05, 0) is 45.0 Å². The highest BCUT2D eigenvalue weighted by Gasteiger charge is 2.13. The summed E-state index contributed by atoms with van der Waals surface area (Å²) in [7, 11) is 0. The smallest absolute Gasteiger partial charge is 0.188 e. The van der Waals surface area contributed by atoms with Crippen LogP contribution < -0.4 is 10.6 Å². The maximum absolute atomic E-state index is 4.75. The molecule has 0 unspecified atom stereocenters. The van der Waals surface area contributed by atoms with Gasteiger partial charge in [-0.3, -0.25) is 0 Å². The number of aryl methyl sites for hydroxylation is 3. The van der Waals surface area contributed by atoms with Crippen molar-refractivity contribution in [2.75, 3.05) is 10.6 Å². The number of rotatable bonds is 5. The summed E-state index contributed by atoms with van der Waals surface area (Å²) in [6.45, 7) is 6.25. The van der Waals surface area contributed by atoms with Crippen molar-refractivity contribution in [1.29, 1.82) is 0 Å². The first-order valence-corrected chi connectivity index (χ1v) is 10.4. The number of nitrogens with zero attached hydrogens (tertiary/aromatic N) is 2. The van der Waals surface area contributed by atoms with Crippen LogP contribution in [0.5, 0.6) is 0 Å². The zero-order valence-corrected chi connectivity index (χ0v) is 17.0. The van der Waals surface area contributed by atoms with Crippen molar-refractivity contribution >= 4 is 44.3 Å². The Labute approximate surface area is 167 Å². The first-order valence-electron chi connectivity index (χ1n) is 8.67. The van der Waals surface area contributed by atoms with Crippen LogP contribution in [-0.2, 0) is 0 Å². The summed E-state index contributed by atoms with van der Waals surface area (Å²) in [5.41, 5.74) is 6.40. The van der Waals surface area contributed by atoms with Crippen LogP contribution in [-0.4, -0.2) is 9.97 Å². The predicted molar refractivity (Wildman–Crippen MR) is 117 cm³/mol. The van der Waals surface area contributed by atoms with Crippen molar-refractivity contribution in [3.8, 4) is 11.4 Å². The molecule has 2 N–H and O–H groups in total. The fourth-order valence-corrected chi connectivity index (χ4v) is 4.21. The van der Waals surface area contributed by atoms with Crippen molar-refractivity contribution in [2.24, 2.45) is 0 Å². The fourth-order valence-electron chi connectivity index (χ4n) is 2.65. The molecule has 0 aliphatic heterocycles. The number of aromatic nitrogens is 2. The normalized spacial score (nSPS) is 10.8. The van der Waals surface area contributed by atoms with E-state index in [1.54, 1.807) is 22.7 Å². The SMILES string of the molecule is Cc1ccc(Nc2nc(-c3nc(Nc4ccc(C)cc4)sc3C)cs2)cc1. The van der Waals surface area contributed by atoms with Crippen LogP contribution in [0.2, 0.25) is 0 Å². The van der Waals surface area contributed by atoms with Gasteiger partial charge in [-0.2, -0.15) is 0 Å². The molecule has 4 nitrogen and oxygen atoms in total. The predicted octanol–water partition coefficient (Wildman–Crippen LogP) is 6.68. The Balaban J connectivity index is 1.52. The highest BCUT2D eigenvalue weighted by atomic mass is 32.1. The van der Waals surface area contributed by atoms with E-state index >= 15 is 0 Å². The molecule has 0 aliphatic carbocycles. The summed E-state index contributed by atoms with van der Waals surface area (Å²) in [6.07, 6.45) is 0. The molecule has 0 radical (unpaired) electrons. The van der Waals surface area contributed by atoms with Crippen LogP contribution in [0.4, 0.5) is 21.6 Å². The first-order chi connectivity index (χ1) is 13.1. The highest BCUT2D eigenvalue weighted by molar-refractivity contribution is 7.16. The molecule has 6 heteroatoms. The van der Waals surface area contributed by atoms with E-state index in [0.29, 0.717) is 0 Å². The zero-order valence-electron chi connectivity index (χ0n) is 15.4. The molecule has 0 aliphatic rings. The van der Waals surface area contributed by atoms with Crippen LogP contribution in [0.1, 0.15) is 16.0 Å². The third-order valence-electron chi connectivity index (χ3n) is 4.15. The Bertz CT molecular complexity index is 1050. The number of thiazole rings is 2. The van der Waals surface area contributed by atoms with Crippen molar-refractivity contribution in [3.63, 3.8) is 0 Å². The van der Waals surface area contributed by atoms with Crippen molar-refractivity contribution in [3.05, 3.63) is 69.9 Å². The molecule has 136 valence electrons. The van der Waals surface area contributed by atoms with E-state index in [1.165, 1.54) is 11.1 Å². The van der Waals surface area contributed by atoms with Crippen LogP contribution in [0.15, 0.2) is 53.9 Å². The molecule has 2 aromatic carbocycles. The van der Waals surface area contributed by atoms with E-state index in [1.807, 2.05) is 5.38 Å². The molecular weight excluding hydrogens is 372 g/mol. The lowest BCUT2D eigenvalue weighted by Gasteiger charge is -2.02. The van der Waals surface area contributed by atoms with Crippen LogP contribution >= 0.6 is 22.7 Å². The third-order valence-corrected chi connectivity index (χ3v) is 5.79. The van der Waals surface area contributed by atoms with Gasteiger partial charge in [0.05, 0.1) is 0 Å². The van der Waals surface area contributed by atoms with Crippen molar-refractivity contribution in [2.45, 2.75) is 20.8 Å². The average molecular weight is 393 g/mol. The van der Waals surface area contributed by atoms with Gasteiger partial charge < -0.3 is 10.6 Å². The minimum atomic E-state index is 0.870. The van der Waals surface area contributed by atoms with Gasteiger partial charge in [-0.15, -0.1) is 22.7 Å². The van der Waals surface area contributed by atoms with Gasteiger partial charge in [-0.1, -0.05) is 35.4 Å². The molecule has 0 saturated heterocycles. The summed E-state index contributed by atoms with van der Waals surface area (Å²) in [5.74, 6) is 0. The van der Waals surface area contributed by atoms with Gasteiger partial charge in [-0.25, -0.2) is 9.97 Å². The Morgan fingerprint density at radius 2 is 1.26 bits per heavy atom. The summed E-state index contributed by atoms with van der Waals surface area (Å²) < 4.78 is 0. The Morgan fingerprint density at radius 1 is 0.704 bits per heavy atom. The monoisotopic (exact) mass is 392 g/mol. The Morgan fingerprint density at radius 3 is 1.85 bits per heavy atom. The van der Waals surface area contributed by atoms with Gasteiger partial charge in [0.2, 0.25) is 0 Å². The van der Waals surface area contributed by atoms with Crippen molar-refractivity contribution in [1.82, 2.24) is 9.97 Å². The van der Waals surface area contributed by atoms with Gasteiger partial charge in [0.1, 0.15) is 11.4 Å². The molecule has 0 amide bonds. The Kier molecular flexibility index (Phi) is 4.92. The van der Waals surface area contributed by atoms with Crippen molar-refractivity contribution < 1.29 is 0 Å². The highest BCUT2D eigenvalue weighted by Crippen LogP contribution is 2.34. The Hall–Kier alpha value is -2.70. The molecule has 2 heterocycles. The molecule has 4 aromatic rings. The zero-order chi connectivity index (χ0) is 18.8. The second kappa shape index (κ2) is 7.50. The molecule has 0 bridgehead atoms. The minimum absolute atomic E-state index is 0.870. The number of nitrogens with one attached hydrogen (secondary N) is 2. The lowest BCUT2D eigenvalue weighted by atomic mass is 10.2. The largest absolute Gasteiger partial charge is 0.332 e. The van der Waals surface area contributed by atoms with Gasteiger partial charge in [0, 0.05) is 21.6 Å². The molecule has 0 atom stereocenters. The average Bonchev–Trinajstić information content (AvgIpc) is 3.25. The lowest BCUT2D eigenvalue weighted by molar-refractivity contribution is 1.30. The summed E-state index contributed by atoms with van der Waals surface area (Å²) >= 11 is 3.23. The second-order valence-electron chi connectivity index (χ2n) is 6.44. The molecule has 4 rings (SSSR count).